The molecule has 0 radical (unpaired) electrons. The summed E-state index contributed by atoms with van der Waals surface area (Å²) in [6.07, 6.45) is 8.08. The van der Waals surface area contributed by atoms with Gasteiger partial charge in [-0.3, -0.25) is 19.7 Å². The van der Waals surface area contributed by atoms with Crippen LogP contribution in [0.4, 0.5) is 5.69 Å². The SMILES string of the molecule is CCc1cc2ncc(CN3CCN(c4ccc(-c5ncc[nH]5)nc4)CC3)cc2[nH]c1=O. The molecule has 0 saturated carbocycles. The van der Waals surface area contributed by atoms with Gasteiger partial charge in [-0.1, -0.05) is 6.92 Å². The van der Waals surface area contributed by atoms with Crippen LogP contribution in [0.3, 0.4) is 0 Å². The molecule has 0 amide bonds. The minimum Gasteiger partial charge on any atom is -0.368 e. The highest BCUT2D eigenvalue weighted by molar-refractivity contribution is 5.74. The molecule has 4 aromatic heterocycles. The van der Waals surface area contributed by atoms with Crippen LogP contribution in [0.15, 0.2) is 53.8 Å². The van der Waals surface area contributed by atoms with Crippen molar-refractivity contribution < 1.29 is 0 Å². The highest BCUT2D eigenvalue weighted by Gasteiger charge is 2.18. The Labute approximate surface area is 180 Å². The van der Waals surface area contributed by atoms with Gasteiger partial charge in [-0.2, -0.15) is 0 Å². The second kappa shape index (κ2) is 8.31. The van der Waals surface area contributed by atoms with E-state index in [0.29, 0.717) is 6.42 Å². The highest BCUT2D eigenvalue weighted by atomic mass is 16.1. The van der Waals surface area contributed by atoms with Crippen LogP contribution < -0.4 is 10.5 Å². The molecule has 1 aliphatic rings. The minimum absolute atomic E-state index is 0.0192. The Morgan fingerprint density at radius 2 is 1.90 bits per heavy atom. The lowest BCUT2D eigenvalue weighted by Gasteiger charge is -2.36. The Morgan fingerprint density at radius 1 is 1.03 bits per heavy atom. The monoisotopic (exact) mass is 415 g/mol. The van der Waals surface area contributed by atoms with Gasteiger partial charge >= 0.3 is 0 Å². The summed E-state index contributed by atoms with van der Waals surface area (Å²) in [5.41, 5.74) is 5.50. The van der Waals surface area contributed by atoms with Gasteiger partial charge in [-0.15, -0.1) is 0 Å². The number of aromatic amines is 2. The van der Waals surface area contributed by atoms with E-state index in [0.717, 1.165) is 72.1 Å². The van der Waals surface area contributed by atoms with Gasteiger partial charge in [0.25, 0.3) is 5.56 Å². The van der Waals surface area contributed by atoms with Crippen LogP contribution in [-0.4, -0.2) is 56.0 Å². The summed E-state index contributed by atoms with van der Waals surface area (Å²) in [6, 6.07) is 8.05. The molecule has 2 N–H and O–H groups in total. The summed E-state index contributed by atoms with van der Waals surface area (Å²) < 4.78 is 0. The van der Waals surface area contributed by atoms with Gasteiger partial charge in [0, 0.05) is 56.9 Å². The third-order valence-electron chi connectivity index (χ3n) is 5.84. The Balaban J connectivity index is 1.22. The zero-order valence-electron chi connectivity index (χ0n) is 17.5. The van der Waals surface area contributed by atoms with E-state index >= 15 is 0 Å². The van der Waals surface area contributed by atoms with E-state index in [2.05, 4.69) is 40.8 Å². The number of rotatable bonds is 5. The van der Waals surface area contributed by atoms with E-state index in [1.807, 2.05) is 37.5 Å². The van der Waals surface area contributed by atoms with Gasteiger partial charge in [-0.05, 0) is 36.2 Å². The molecule has 8 nitrogen and oxygen atoms in total. The second-order valence-electron chi connectivity index (χ2n) is 7.86. The average molecular weight is 416 g/mol. The molecule has 1 saturated heterocycles. The Kier molecular flexibility index (Phi) is 5.21. The number of nitrogens with one attached hydrogen (secondary N) is 2. The summed E-state index contributed by atoms with van der Waals surface area (Å²) in [7, 11) is 0. The van der Waals surface area contributed by atoms with Crippen molar-refractivity contribution in [3.05, 3.63) is 70.5 Å². The molecule has 0 atom stereocenters. The topological polar surface area (TPSA) is 93.8 Å². The smallest absolute Gasteiger partial charge is 0.251 e. The fraction of sp³-hybridized carbons (Fsp3) is 0.304. The van der Waals surface area contributed by atoms with Crippen LogP contribution in [0.1, 0.15) is 18.1 Å². The first kappa shape index (κ1) is 19.4. The van der Waals surface area contributed by atoms with Crippen molar-refractivity contribution in [1.82, 2.24) is 29.8 Å². The van der Waals surface area contributed by atoms with Crippen molar-refractivity contribution in [2.24, 2.45) is 0 Å². The van der Waals surface area contributed by atoms with Crippen molar-refractivity contribution in [2.75, 3.05) is 31.1 Å². The van der Waals surface area contributed by atoms with Gasteiger partial charge in [0.05, 0.1) is 22.9 Å². The predicted molar refractivity (Wildman–Crippen MR) is 121 cm³/mol. The number of imidazole rings is 1. The molecule has 5 heterocycles. The van der Waals surface area contributed by atoms with Gasteiger partial charge < -0.3 is 14.9 Å². The Morgan fingerprint density at radius 3 is 2.61 bits per heavy atom. The van der Waals surface area contributed by atoms with Crippen LogP contribution in [-0.2, 0) is 13.0 Å². The standard InChI is InChI=1S/C23H25N7O/c1-2-17-12-20-21(28-23(17)31)11-16(13-26-20)15-29-7-9-30(10-8-29)18-3-4-19(27-14-18)22-24-5-6-25-22/h3-6,11-14H,2,7-10,15H2,1H3,(H,24,25)(H,28,31). The maximum absolute atomic E-state index is 12.1. The lowest BCUT2D eigenvalue weighted by Crippen LogP contribution is -2.46. The van der Waals surface area contributed by atoms with E-state index in [1.165, 1.54) is 0 Å². The zero-order valence-corrected chi connectivity index (χ0v) is 17.5. The van der Waals surface area contributed by atoms with Crippen LogP contribution in [0, 0.1) is 0 Å². The maximum Gasteiger partial charge on any atom is 0.251 e. The van der Waals surface area contributed by atoms with E-state index in [4.69, 9.17) is 0 Å². The molecule has 1 aliphatic heterocycles. The summed E-state index contributed by atoms with van der Waals surface area (Å²) in [5.74, 6) is 0.785. The first-order chi connectivity index (χ1) is 15.2. The molecule has 0 bridgehead atoms. The summed E-state index contributed by atoms with van der Waals surface area (Å²) >= 11 is 0. The number of H-pyrrole nitrogens is 2. The number of piperazine rings is 1. The fourth-order valence-electron chi connectivity index (χ4n) is 4.06. The molecule has 0 spiro atoms. The number of nitrogens with zero attached hydrogens (tertiary/aromatic N) is 5. The molecule has 8 heteroatoms. The lowest BCUT2D eigenvalue weighted by molar-refractivity contribution is 0.249. The third-order valence-corrected chi connectivity index (χ3v) is 5.84. The van der Waals surface area contributed by atoms with E-state index < -0.39 is 0 Å². The molecule has 0 unspecified atom stereocenters. The number of fused-ring (bicyclic) bond motifs is 1. The normalized spacial score (nSPS) is 14.9. The number of aromatic nitrogens is 5. The maximum atomic E-state index is 12.1. The van der Waals surface area contributed by atoms with Crippen molar-refractivity contribution in [3.63, 3.8) is 0 Å². The Hall–Kier alpha value is -3.52. The summed E-state index contributed by atoms with van der Waals surface area (Å²) in [6.45, 7) is 6.61. The van der Waals surface area contributed by atoms with Gasteiger partial charge in [0.2, 0.25) is 0 Å². The van der Waals surface area contributed by atoms with Crippen LogP contribution in [0.25, 0.3) is 22.6 Å². The van der Waals surface area contributed by atoms with Gasteiger partial charge in [0.15, 0.2) is 5.82 Å². The average Bonchev–Trinajstić information content (AvgIpc) is 3.34. The van der Waals surface area contributed by atoms with Crippen molar-refractivity contribution in [2.45, 2.75) is 19.9 Å². The molecule has 1 fully saturated rings. The van der Waals surface area contributed by atoms with Gasteiger partial charge in [-0.25, -0.2) is 4.98 Å². The largest absolute Gasteiger partial charge is 0.368 e. The molecule has 158 valence electrons. The van der Waals surface area contributed by atoms with E-state index in [9.17, 15) is 4.79 Å². The summed E-state index contributed by atoms with van der Waals surface area (Å²) in [4.78, 5) is 36.3. The van der Waals surface area contributed by atoms with E-state index in [-0.39, 0.29) is 5.56 Å². The molecule has 4 aromatic rings. The molecular formula is C23H25N7O. The molecule has 5 rings (SSSR count). The van der Waals surface area contributed by atoms with Crippen LogP contribution in [0.2, 0.25) is 0 Å². The molecule has 31 heavy (non-hydrogen) atoms. The van der Waals surface area contributed by atoms with Crippen molar-refractivity contribution >= 4 is 16.7 Å². The number of anilines is 1. The second-order valence-corrected chi connectivity index (χ2v) is 7.86. The lowest BCUT2D eigenvalue weighted by atomic mass is 10.1. The third kappa shape index (κ3) is 4.06. The molecule has 0 aromatic carbocycles. The molecule has 0 aliphatic carbocycles. The zero-order chi connectivity index (χ0) is 21.2. The van der Waals surface area contributed by atoms with Crippen LogP contribution >= 0.6 is 0 Å². The first-order valence-corrected chi connectivity index (χ1v) is 10.6. The van der Waals surface area contributed by atoms with E-state index in [1.54, 1.807) is 12.4 Å². The quantitative estimate of drug-likeness (QED) is 0.520. The number of pyridine rings is 3. The van der Waals surface area contributed by atoms with Crippen LogP contribution in [0.5, 0.6) is 0 Å². The van der Waals surface area contributed by atoms with Gasteiger partial charge in [0.1, 0.15) is 5.69 Å². The minimum atomic E-state index is -0.0192. The van der Waals surface area contributed by atoms with Crippen molar-refractivity contribution in [1.29, 1.82) is 0 Å². The summed E-state index contributed by atoms with van der Waals surface area (Å²) in [5, 5.41) is 0. The Bertz CT molecular complexity index is 1220. The van der Waals surface area contributed by atoms with Crippen molar-refractivity contribution in [3.8, 4) is 11.5 Å². The highest BCUT2D eigenvalue weighted by Crippen LogP contribution is 2.20. The first-order valence-electron chi connectivity index (χ1n) is 10.6. The number of hydrogen-bond acceptors (Lipinski definition) is 6. The number of aryl methyl sites for hydroxylation is 1. The number of hydrogen-bond donors (Lipinski definition) is 2. The molecular weight excluding hydrogens is 390 g/mol. The predicted octanol–water partition coefficient (Wildman–Crippen LogP) is 2.59. The fourth-order valence-corrected chi connectivity index (χ4v) is 4.06.